The number of nitrogens with zero attached hydrogens (tertiary/aromatic N) is 1. The van der Waals surface area contributed by atoms with Crippen LogP contribution in [0.15, 0.2) is 6.20 Å². The second kappa shape index (κ2) is 3.16. The SMILES string of the molecule is CNCc1cnc(C(=O)O)[nH]1. The van der Waals surface area contributed by atoms with Crippen LogP contribution in [0.2, 0.25) is 0 Å². The summed E-state index contributed by atoms with van der Waals surface area (Å²) in [6.45, 7) is 0.597. The molecule has 0 aromatic carbocycles. The van der Waals surface area contributed by atoms with Gasteiger partial charge in [0.15, 0.2) is 0 Å². The molecule has 5 heteroatoms. The normalized spacial score (nSPS) is 9.91. The molecule has 0 saturated carbocycles. The van der Waals surface area contributed by atoms with Gasteiger partial charge >= 0.3 is 5.97 Å². The van der Waals surface area contributed by atoms with E-state index in [2.05, 4.69) is 15.3 Å². The zero-order chi connectivity index (χ0) is 8.27. The Hall–Kier alpha value is -1.36. The van der Waals surface area contributed by atoms with Crippen molar-refractivity contribution < 1.29 is 9.90 Å². The van der Waals surface area contributed by atoms with E-state index < -0.39 is 5.97 Å². The van der Waals surface area contributed by atoms with Crippen molar-refractivity contribution in [2.24, 2.45) is 0 Å². The monoisotopic (exact) mass is 155 g/mol. The number of aromatic nitrogens is 2. The maximum Gasteiger partial charge on any atom is 0.371 e. The number of nitrogens with one attached hydrogen (secondary N) is 2. The van der Waals surface area contributed by atoms with Gasteiger partial charge in [-0.2, -0.15) is 0 Å². The van der Waals surface area contributed by atoms with Crippen molar-refractivity contribution in [2.45, 2.75) is 6.54 Å². The van der Waals surface area contributed by atoms with Gasteiger partial charge in [-0.25, -0.2) is 9.78 Å². The number of aromatic carboxylic acids is 1. The fourth-order valence-corrected chi connectivity index (χ4v) is 0.748. The maximum atomic E-state index is 10.3. The topological polar surface area (TPSA) is 78.0 Å². The van der Waals surface area contributed by atoms with Crippen LogP contribution in [-0.2, 0) is 6.54 Å². The molecule has 0 saturated heterocycles. The summed E-state index contributed by atoms with van der Waals surface area (Å²) in [5.74, 6) is -1.05. The summed E-state index contributed by atoms with van der Waals surface area (Å²) in [6, 6.07) is 0. The van der Waals surface area contributed by atoms with Crippen molar-refractivity contribution in [3.05, 3.63) is 17.7 Å². The van der Waals surface area contributed by atoms with Crippen LogP contribution < -0.4 is 5.32 Å². The van der Waals surface area contributed by atoms with E-state index in [1.807, 2.05) is 0 Å². The van der Waals surface area contributed by atoms with Crippen LogP contribution >= 0.6 is 0 Å². The van der Waals surface area contributed by atoms with Crippen molar-refractivity contribution in [1.29, 1.82) is 0 Å². The minimum absolute atomic E-state index is 0.0183. The Morgan fingerprint density at radius 2 is 2.64 bits per heavy atom. The van der Waals surface area contributed by atoms with Crippen LogP contribution in [0.1, 0.15) is 16.3 Å². The third kappa shape index (κ3) is 1.78. The van der Waals surface area contributed by atoms with Gasteiger partial charge in [0.25, 0.3) is 0 Å². The van der Waals surface area contributed by atoms with Gasteiger partial charge in [-0.05, 0) is 7.05 Å². The molecule has 1 rings (SSSR count). The summed E-state index contributed by atoms with van der Waals surface area (Å²) in [4.78, 5) is 16.6. The molecule has 0 amide bonds. The van der Waals surface area contributed by atoms with Crippen LogP contribution in [0, 0.1) is 0 Å². The molecule has 1 aromatic heterocycles. The van der Waals surface area contributed by atoms with E-state index in [9.17, 15) is 4.79 Å². The van der Waals surface area contributed by atoms with E-state index in [-0.39, 0.29) is 5.82 Å². The lowest BCUT2D eigenvalue weighted by Gasteiger charge is -1.91. The van der Waals surface area contributed by atoms with E-state index in [0.717, 1.165) is 5.69 Å². The predicted molar refractivity (Wildman–Crippen MR) is 38.3 cm³/mol. The number of imidazole rings is 1. The van der Waals surface area contributed by atoms with Gasteiger partial charge in [0.1, 0.15) is 0 Å². The third-order valence-corrected chi connectivity index (χ3v) is 1.20. The van der Waals surface area contributed by atoms with Crippen molar-refractivity contribution in [3.8, 4) is 0 Å². The molecule has 60 valence electrons. The summed E-state index contributed by atoms with van der Waals surface area (Å²) in [5, 5.41) is 11.3. The number of carboxylic acid groups (broad SMARTS) is 1. The molecule has 0 spiro atoms. The minimum atomic E-state index is -1.03. The fraction of sp³-hybridized carbons (Fsp3) is 0.333. The zero-order valence-electron chi connectivity index (χ0n) is 6.09. The molecule has 0 aliphatic heterocycles. The summed E-state index contributed by atoms with van der Waals surface area (Å²) in [7, 11) is 1.78. The lowest BCUT2D eigenvalue weighted by molar-refractivity contribution is 0.0684. The fourth-order valence-electron chi connectivity index (χ4n) is 0.748. The molecule has 1 aromatic rings. The highest BCUT2D eigenvalue weighted by Gasteiger charge is 2.05. The number of H-pyrrole nitrogens is 1. The van der Waals surface area contributed by atoms with E-state index in [0.29, 0.717) is 6.54 Å². The molecule has 5 nitrogen and oxygen atoms in total. The van der Waals surface area contributed by atoms with Crippen molar-refractivity contribution in [3.63, 3.8) is 0 Å². The number of aromatic amines is 1. The van der Waals surface area contributed by atoms with Gasteiger partial charge < -0.3 is 15.4 Å². The van der Waals surface area contributed by atoms with Gasteiger partial charge in [0.05, 0.1) is 6.20 Å². The summed E-state index contributed by atoms with van der Waals surface area (Å²) < 4.78 is 0. The van der Waals surface area contributed by atoms with E-state index in [1.54, 1.807) is 7.05 Å². The average Bonchev–Trinajstić information content (AvgIpc) is 2.37. The highest BCUT2D eigenvalue weighted by atomic mass is 16.4. The number of carboxylic acids is 1. The van der Waals surface area contributed by atoms with Gasteiger partial charge in [0, 0.05) is 12.2 Å². The Labute approximate surface area is 63.5 Å². The first-order valence-electron chi connectivity index (χ1n) is 3.16. The average molecular weight is 155 g/mol. The first-order chi connectivity index (χ1) is 5.24. The lowest BCUT2D eigenvalue weighted by atomic mass is 10.5. The van der Waals surface area contributed by atoms with Gasteiger partial charge in [-0.3, -0.25) is 0 Å². The molecular weight excluding hydrogens is 146 g/mol. The second-order valence-corrected chi connectivity index (χ2v) is 2.09. The molecular formula is C6H9N3O2. The lowest BCUT2D eigenvalue weighted by Crippen LogP contribution is -2.06. The highest BCUT2D eigenvalue weighted by molar-refractivity contribution is 5.83. The Kier molecular flexibility index (Phi) is 2.22. The molecule has 3 N–H and O–H groups in total. The standard InChI is InChI=1S/C6H9N3O2/c1-7-2-4-3-8-5(9-4)6(10)11/h3,7H,2H2,1H3,(H,8,9)(H,10,11). The largest absolute Gasteiger partial charge is 0.475 e. The van der Waals surface area contributed by atoms with Crippen molar-refractivity contribution in [1.82, 2.24) is 15.3 Å². The predicted octanol–water partition coefficient (Wildman–Crippen LogP) is -0.173. The molecule has 11 heavy (non-hydrogen) atoms. The Morgan fingerprint density at radius 3 is 3.09 bits per heavy atom. The minimum Gasteiger partial charge on any atom is -0.475 e. The van der Waals surface area contributed by atoms with Crippen LogP contribution in [0.25, 0.3) is 0 Å². The smallest absolute Gasteiger partial charge is 0.371 e. The summed E-state index contributed by atoms with van der Waals surface area (Å²) >= 11 is 0. The molecule has 0 unspecified atom stereocenters. The Balaban J connectivity index is 2.73. The van der Waals surface area contributed by atoms with Crippen LogP contribution in [0.5, 0.6) is 0 Å². The van der Waals surface area contributed by atoms with Gasteiger partial charge in [-0.15, -0.1) is 0 Å². The van der Waals surface area contributed by atoms with Crippen LogP contribution in [-0.4, -0.2) is 28.1 Å². The molecule has 0 radical (unpaired) electrons. The molecule has 0 aliphatic carbocycles. The number of hydrogen-bond donors (Lipinski definition) is 3. The number of carbonyl (C=O) groups is 1. The maximum absolute atomic E-state index is 10.3. The van der Waals surface area contributed by atoms with Crippen LogP contribution in [0.3, 0.4) is 0 Å². The number of hydrogen-bond acceptors (Lipinski definition) is 3. The third-order valence-electron chi connectivity index (χ3n) is 1.20. The zero-order valence-corrected chi connectivity index (χ0v) is 6.09. The second-order valence-electron chi connectivity index (χ2n) is 2.09. The van der Waals surface area contributed by atoms with E-state index >= 15 is 0 Å². The first kappa shape index (κ1) is 7.74. The highest BCUT2D eigenvalue weighted by Crippen LogP contribution is 1.95. The first-order valence-corrected chi connectivity index (χ1v) is 3.16. The summed E-state index contributed by atoms with van der Waals surface area (Å²) in [5.41, 5.74) is 0.768. The quantitative estimate of drug-likeness (QED) is 0.566. The molecule has 0 fully saturated rings. The molecule has 0 aliphatic rings. The summed E-state index contributed by atoms with van der Waals surface area (Å²) in [6.07, 6.45) is 1.50. The molecule has 0 atom stereocenters. The molecule has 1 heterocycles. The van der Waals surface area contributed by atoms with Gasteiger partial charge in [-0.1, -0.05) is 0 Å². The Bertz CT molecular complexity index is 256. The van der Waals surface area contributed by atoms with Crippen LogP contribution in [0.4, 0.5) is 0 Å². The van der Waals surface area contributed by atoms with Crippen molar-refractivity contribution in [2.75, 3.05) is 7.05 Å². The molecule has 0 bridgehead atoms. The number of rotatable bonds is 3. The van der Waals surface area contributed by atoms with Gasteiger partial charge in [0.2, 0.25) is 5.82 Å². The van der Waals surface area contributed by atoms with E-state index in [4.69, 9.17) is 5.11 Å². The Morgan fingerprint density at radius 1 is 1.91 bits per heavy atom. The van der Waals surface area contributed by atoms with Crippen molar-refractivity contribution >= 4 is 5.97 Å². The van der Waals surface area contributed by atoms with E-state index in [1.165, 1.54) is 6.20 Å².